The van der Waals surface area contributed by atoms with E-state index in [1.807, 2.05) is 6.20 Å². The molecule has 0 saturated carbocycles. The van der Waals surface area contributed by atoms with Gasteiger partial charge in [0.25, 0.3) is 0 Å². The summed E-state index contributed by atoms with van der Waals surface area (Å²) in [7, 11) is 1.78. The molecule has 0 aliphatic carbocycles. The summed E-state index contributed by atoms with van der Waals surface area (Å²) in [6.07, 6.45) is 4.57. The second-order valence-corrected chi connectivity index (χ2v) is 2.88. The summed E-state index contributed by atoms with van der Waals surface area (Å²) >= 11 is 0. The smallest absolute Gasteiger partial charge is 0.222 e. The number of H-pyrrole nitrogens is 1. The Bertz CT molecular complexity index is 256. The van der Waals surface area contributed by atoms with Gasteiger partial charge in [-0.1, -0.05) is 0 Å². The van der Waals surface area contributed by atoms with Gasteiger partial charge >= 0.3 is 0 Å². The van der Waals surface area contributed by atoms with Crippen LogP contribution in [-0.2, 0) is 11.2 Å². The van der Waals surface area contributed by atoms with E-state index in [-0.39, 0.29) is 5.91 Å². The number of likely N-dealkylation sites (N-methyl/N-ethyl adjacent to an activating group) is 1. The predicted octanol–water partition coefficient (Wildman–Crippen LogP) is 0.635. The fraction of sp³-hybridized carbons (Fsp3) is 0.444. The number of imidazole rings is 1. The minimum atomic E-state index is 0.0653. The molecule has 0 aliphatic heterocycles. The average Bonchev–Trinajstić information content (AvgIpc) is 2.65. The van der Waals surface area contributed by atoms with Gasteiger partial charge < -0.3 is 9.88 Å². The predicted molar refractivity (Wildman–Crippen MR) is 49.9 cm³/mol. The van der Waals surface area contributed by atoms with Crippen LogP contribution in [0.4, 0.5) is 0 Å². The molecule has 0 bridgehead atoms. The molecule has 0 atom stereocenters. The van der Waals surface area contributed by atoms with Crippen molar-refractivity contribution in [3.8, 4) is 0 Å². The third kappa shape index (κ3) is 2.89. The highest BCUT2D eigenvalue weighted by molar-refractivity contribution is 5.76. The number of nitrogens with one attached hydrogen (secondary N) is 1. The van der Waals surface area contributed by atoms with Crippen molar-refractivity contribution in [3.63, 3.8) is 0 Å². The molecule has 1 heterocycles. The number of aromatic nitrogens is 2. The zero-order valence-corrected chi connectivity index (χ0v) is 7.79. The zero-order chi connectivity index (χ0) is 9.68. The van der Waals surface area contributed by atoms with Crippen LogP contribution in [-0.4, -0.2) is 34.4 Å². The van der Waals surface area contributed by atoms with Crippen LogP contribution < -0.4 is 0 Å². The van der Waals surface area contributed by atoms with E-state index in [2.05, 4.69) is 16.9 Å². The molecule has 1 amide bonds. The first-order valence-electron chi connectivity index (χ1n) is 4.25. The van der Waals surface area contributed by atoms with Crippen molar-refractivity contribution in [2.24, 2.45) is 0 Å². The summed E-state index contributed by atoms with van der Waals surface area (Å²) in [5, 5.41) is 0. The molecule has 0 unspecified atom stereocenters. The van der Waals surface area contributed by atoms with Crippen LogP contribution in [0.25, 0.3) is 0 Å². The van der Waals surface area contributed by atoms with Gasteiger partial charge in [0.05, 0.1) is 12.0 Å². The minimum Gasteiger partial charge on any atom is -0.351 e. The molecule has 0 spiro atoms. The van der Waals surface area contributed by atoms with E-state index in [1.165, 1.54) is 0 Å². The number of hydrogen-bond donors (Lipinski definition) is 1. The van der Waals surface area contributed by atoms with Crippen LogP contribution in [0.5, 0.6) is 0 Å². The molecular formula is C9H14N3O. The van der Waals surface area contributed by atoms with Crippen molar-refractivity contribution >= 4 is 5.91 Å². The first-order valence-corrected chi connectivity index (χ1v) is 4.25. The van der Waals surface area contributed by atoms with Gasteiger partial charge in [-0.2, -0.15) is 0 Å². The van der Waals surface area contributed by atoms with Gasteiger partial charge in [-0.15, -0.1) is 0 Å². The normalized spacial score (nSPS) is 10.0. The fourth-order valence-corrected chi connectivity index (χ4v) is 1.03. The average molecular weight is 180 g/mol. The number of hydrogen-bond acceptors (Lipinski definition) is 2. The summed E-state index contributed by atoms with van der Waals surface area (Å²) < 4.78 is 0. The molecule has 0 aliphatic rings. The number of carbonyl (C=O) groups excluding carboxylic acids is 1. The van der Waals surface area contributed by atoms with Crippen molar-refractivity contribution in [1.29, 1.82) is 0 Å². The first-order chi connectivity index (χ1) is 6.24. The highest BCUT2D eigenvalue weighted by Crippen LogP contribution is 1.96. The van der Waals surface area contributed by atoms with Gasteiger partial charge in [-0.3, -0.25) is 4.79 Å². The molecule has 1 aromatic rings. The van der Waals surface area contributed by atoms with Crippen molar-refractivity contribution in [2.45, 2.75) is 12.8 Å². The Morgan fingerprint density at radius 1 is 1.77 bits per heavy atom. The quantitative estimate of drug-likeness (QED) is 0.739. The van der Waals surface area contributed by atoms with E-state index in [9.17, 15) is 4.79 Å². The van der Waals surface area contributed by atoms with Crippen LogP contribution in [0, 0.1) is 6.92 Å². The largest absolute Gasteiger partial charge is 0.351 e. The minimum absolute atomic E-state index is 0.0653. The molecule has 1 aromatic heterocycles. The van der Waals surface area contributed by atoms with Crippen molar-refractivity contribution in [3.05, 3.63) is 25.1 Å². The maximum atomic E-state index is 11.1. The maximum Gasteiger partial charge on any atom is 0.222 e. The standard InChI is InChI=1S/C9H14N3O/c1-3-9(13)12(2)5-4-8-6-10-7-11-8/h6-7H,1,3-5H2,2H3,(H,10,11). The molecule has 4 nitrogen and oxygen atoms in total. The molecular weight excluding hydrogens is 166 g/mol. The number of amides is 1. The Kier molecular flexibility index (Phi) is 3.49. The van der Waals surface area contributed by atoms with E-state index in [0.29, 0.717) is 13.0 Å². The molecule has 71 valence electrons. The number of aromatic amines is 1. The van der Waals surface area contributed by atoms with Gasteiger partial charge in [-0.25, -0.2) is 4.98 Å². The lowest BCUT2D eigenvalue weighted by molar-refractivity contribution is -0.129. The van der Waals surface area contributed by atoms with Crippen LogP contribution in [0.1, 0.15) is 12.1 Å². The first kappa shape index (κ1) is 9.77. The monoisotopic (exact) mass is 180 g/mol. The van der Waals surface area contributed by atoms with Crippen LogP contribution in [0.2, 0.25) is 0 Å². The van der Waals surface area contributed by atoms with E-state index < -0.39 is 0 Å². The van der Waals surface area contributed by atoms with Crippen molar-refractivity contribution in [2.75, 3.05) is 13.6 Å². The Labute approximate surface area is 78.0 Å². The Balaban J connectivity index is 2.30. The molecule has 1 rings (SSSR count). The van der Waals surface area contributed by atoms with E-state index in [0.717, 1.165) is 12.1 Å². The summed E-state index contributed by atoms with van der Waals surface area (Å²) in [5.41, 5.74) is 0.976. The van der Waals surface area contributed by atoms with Crippen molar-refractivity contribution < 1.29 is 4.79 Å². The number of rotatable bonds is 4. The van der Waals surface area contributed by atoms with E-state index in [1.54, 1.807) is 18.3 Å². The molecule has 4 heteroatoms. The lowest BCUT2D eigenvalue weighted by atomic mass is 10.3. The molecule has 0 saturated heterocycles. The van der Waals surface area contributed by atoms with Gasteiger partial charge in [0.15, 0.2) is 0 Å². The third-order valence-electron chi connectivity index (χ3n) is 1.90. The van der Waals surface area contributed by atoms with E-state index >= 15 is 0 Å². The van der Waals surface area contributed by atoms with Crippen LogP contribution in [0.15, 0.2) is 12.5 Å². The van der Waals surface area contributed by atoms with Crippen molar-refractivity contribution in [1.82, 2.24) is 14.9 Å². The fourth-order valence-electron chi connectivity index (χ4n) is 1.03. The summed E-state index contributed by atoms with van der Waals surface area (Å²) in [6, 6.07) is 0. The SMILES string of the molecule is [CH2]CC(=O)N(C)CCc1c[nH]cn1. The Morgan fingerprint density at radius 2 is 2.54 bits per heavy atom. The van der Waals surface area contributed by atoms with Crippen LogP contribution >= 0.6 is 0 Å². The molecule has 0 fully saturated rings. The second-order valence-electron chi connectivity index (χ2n) is 2.88. The molecule has 1 N–H and O–H groups in total. The highest BCUT2D eigenvalue weighted by Gasteiger charge is 2.05. The summed E-state index contributed by atoms with van der Waals surface area (Å²) in [4.78, 5) is 19.7. The number of carbonyl (C=O) groups is 1. The summed E-state index contributed by atoms with van der Waals surface area (Å²) in [5.74, 6) is 0.0653. The van der Waals surface area contributed by atoms with Gasteiger partial charge in [-0.05, 0) is 6.92 Å². The zero-order valence-electron chi connectivity index (χ0n) is 7.79. The molecule has 1 radical (unpaired) electrons. The summed E-state index contributed by atoms with van der Waals surface area (Å²) in [6.45, 7) is 4.23. The topological polar surface area (TPSA) is 49.0 Å². The molecule has 0 aromatic carbocycles. The van der Waals surface area contributed by atoms with Crippen LogP contribution in [0.3, 0.4) is 0 Å². The Morgan fingerprint density at radius 3 is 3.08 bits per heavy atom. The van der Waals surface area contributed by atoms with E-state index in [4.69, 9.17) is 0 Å². The Hall–Kier alpha value is -1.32. The van der Waals surface area contributed by atoms with Gasteiger partial charge in [0, 0.05) is 32.6 Å². The van der Waals surface area contributed by atoms with Gasteiger partial charge in [0.1, 0.15) is 0 Å². The lowest BCUT2D eigenvalue weighted by Gasteiger charge is -2.14. The van der Waals surface area contributed by atoms with Gasteiger partial charge in [0.2, 0.25) is 5.91 Å². The highest BCUT2D eigenvalue weighted by atomic mass is 16.2. The number of nitrogens with zero attached hydrogens (tertiary/aromatic N) is 2. The third-order valence-corrected chi connectivity index (χ3v) is 1.90. The second kappa shape index (κ2) is 4.64. The molecule has 13 heavy (non-hydrogen) atoms. The lowest BCUT2D eigenvalue weighted by Crippen LogP contribution is -2.28. The maximum absolute atomic E-state index is 11.1.